The first-order chi connectivity index (χ1) is 13.1. The Bertz CT molecular complexity index is 843. The SMILES string of the molecule is CCCCCCC#Cc1nc(N)c2ncn(C3OC(CO)C(O)C3O)c2n1. The molecule has 0 aromatic carbocycles. The van der Waals surface area contributed by atoms with Crippen molar-refractivity contribution in [3.8, 4) is 11.8 Å². The molecule has 27 heavy (non-hydrogen) atoms. The van der Waals surface area contributed by atoms with Crippen LogP contribution in [0.1, 0.15) is 51.1 Å². The zero-order chi connectivity index (χ0) is 19.4. The fourth-order valence-electron chi connectivity index (χ4n) is 3.07. The Labute approximate surface area is 157 Å². The number of nitrogen functional groups attached to an aromatic ring is 1. The van der Waals surface area contributed by atoms with E-state index in [4.69, 9.17) is 10.5 Å². The minimum absolute atomic E-state index is 0.181. The Balaban J connectivity index is 1.84. The number of fused-ring (bicyclic) bond motifs is 1. The molecule has 5 N–H and O–H groups in total. The third-order valence-electron chi connectivity index (χ3n) is 4.60. The first-order valence-electron chi connectivity index (χ1n) is 9.18. The first-order valence-corrected chi connectivity index (χ1v) is 9.18. The third kappa shape index (κ3) is 4.04. The van der Waals surface area contributed by atoms with Gasteiger partial charge in [-0.25, -0.2) is 15.0 Å². The Kier molecular flexibility index (Phi) is 6.23. The van der Waals surface area contributed by atoms with Gasteiger partial charge < -0.3 is 25.8 Å². The van der Waals surface area contributed by atoms with Crippen LogP contribution in [0.4, 0.5) is 5.82 Å². The summed E-state index contributed by atoms with van der Waals surface area (Å²) < 4.78 is 7.01. The summed E-state index contributed by atoms with van der Waals surface area (Å²) in [4.78, 5) is 12.7. The molecule has 3 rings (SSSR count). The predicted molar refractivity (Wildman–Crippen MR) is 98.4 cm³/mol. The lowest BCUT2D eigenvalue weighted by molar-refractivity contribution is -0.0511. The van der Waals surface area contributed by atoms with E-state index in [0.717, 1.165) is 19.3 Å². The molecule has 146 valence electrons. The number of aromatic nitrogens is 4. The minimum Gasteiger partial charge on any atom is -0.394 e. The van der Waals surface area contributed by atoms with Crippen molar-refractivity contribution in [3.63, 3.8) is 0 Å². The number of aliphatic hydroxyl groups is 3. The van der Waals surface area contributed by atoms with Crippen LogP contribution in [0.15, 0.2) is 6.33 Å². The van der Waals surface area contributed by atoms with Crippen molar-refractivity contribution in [1.82, 2.24) is 19.5 Å². The summed E-state index contributed by atoms with van der Waals surface area (Å²) in [7, 11) is 0. The van der Waals surface area contributed by atoms with Gasteiger partial charge >= 0.3 is 0 Å². The van der Waals surface area contributed by atoms with Crippen LogP contribution in [-0.4, -0.2) is 59.8 Å². The van der Waals surface area contributed by atoms with Gasteiger partial charge in [0.25, 0.3) is 0 Å². The molecule has 1 saturated heterocycles. The van der Waals surface area contributed by atoms with Gasteiger partial charge in [-0.3, -0.25) is 4.57 Å². The second-order valence-electron chi connectivity index (χ2n) is 6.60. The monoisotopic (exact) mass is 375 g/mol. The smallest absolute Gasteiger partial charge is 0.208 e. The van der Waals surface area contributed by atoms with Crippen LogP contribution < -0.4 is 5.73 Å². The van der Waals surface area contributed by atoms with E-state index in [0.29, 0.717) is 11.2 Å². The van der Waals surface area contributed by atoms with E-state index in [1.807, 2.05) is 0 Å². The van der Waals surface area contributed by atoms with Crippen LogP contribution >= 0.6 is 0 Å². The van der Waals surface area contributed by atoms with Crippen LogP contribution in [0.5, 0.6) is 0 Å². The van der Waals surface area contributed by atoms with Crippen molar-refractivity contribution in [3.05, 3.63) is 12.2 Å². The highest BCUT2D eigenvalue weighted by Crippen LogP contribution is 2.31. The lowest BCUT2D eigenvalue weighted by atomic mass is 10.1. The molecule has 4 unspecified atom stereocenters. The maximum Gasteiger partial charge on any atom is 0.208 e. The van der Waals surface area contributed by atoms with Gasteiger partial charge in [-0.15, -0.1) is 0 Å². The number of ether oxygens (including phenoxy) is 1. The van der Waals surface area contributed by atoms with Crippen molar-refractivity contribution in [2.45, 2.75) is 63.6 Å². The number of hydrogen-bond donors (Lipinski definition) is 4. The summed E-state index contributed by atoms with van der Waals surface area (Å²) in [6.45, 7) is 1.75. The summed E-state index contributed by atoms with van der Waals surface area (Å²) in [6.07, 6.45) is 2.45. The molecule has 0 aliphatic carbocycles. The maximum absolute atomic E-state index is 10.2. The van der Waals surface area contributed by atoms with Gasteiger partial charge in [-0.1, -0.05) is 32.1 Å². The molecule has 1 aliphatic heterocycles. The van der Waals surface area contributed by atoms with Crippen LogP contribution in [0.2, 0.25) is 0 Å². The van der Waals surface area contributed by atoms with Gasteiger partial charge in [0.15, 0.2) is 17.7 Å². The van der Waals surface area contributed by atoms with Gasteiger partial charge in [0.1, 0.15) is 23.8 Å². The number of unbranched alkanes of at least 4 members (excludes halogenated alkanes) is 4. The van der Waals surface area contributed by atoms with Gasteiger partial charge in [-0.05, 0) is 12.3 Å². The largest absolute Gasteiger partial charge is 0.394 e. The Morgan fingerprint density at radius 3 is 2.74 bits per heavy atom. The van der Waals surface area contributed by atoms with Gasteiger partial charge in [0.2, 0.25) is 5.82 Å². The van der Waals surface area contributed by atoms with Crippen molar-refractivity contribution in [1.29, 1.82) is 0 Å². The standard InChI is InChI=1S/C18H25N5O4/c1-2-3-4-5-6-7-8-12-21-16(19)13-17(22-12)23(10-20-13)18-15(26)14(25)11(9-24)27-18/h10-11,14-15,18,24-26H,2-6,9H2,1H3,(H2,19,21,22). The zero-order valence-corrected chi connectivity index (χ0v) is 15.2. The minimum atomic E-state index is -1.23. The van der Waals surface area contributed by atoms with E-state index in [2.05, 4.69) is 33.7 Å². The summed E-state index contributed by atoms with van der Waals surface area (Å²) in [5.74, 6) is 6.42. The summed E-state index contributed by atoms with van der Waals surface area (Å²) in [5, 5.41) is 29.5. The van der Waals surface area contributed by atoms with Gasteiger partial charge in [-0.2, -0.15) is 0 Å². The fraction of sp³-hybridized carbons (Fsp3) is 0.611. The molecule has 9 heteroatoms. The number of aliphatic hydroxyl groups excluding tert-OH is 3. The van der Waals surface area contributed by atoms with Crippen LogP contribution in [-0.2, 0) is 4.74 Å². The van der Waals surface area contributed by atoms with Crippen molar-refractivity contribution >= 4 is 17.0 Å². The van der Waals surface area contributed by atoms with Crippen LogP contribution in [0, 0.1) is 11.8 Å². The van der Waals surface area contributed by atoms with Crippen molar-refractivity contribution in [2.75, 3.05) is 12.3 Å². The number of imidazole rings is 1. The van der Waals surface area contributed by atoms with Crippen LogP contribution in [0.25, 0.3) is 11.2 Å². The van der Waals surface area contributed by atoms with E-state index in [1.54, 1.807) is 0 Å². The average molecular weight is 375 g/mol. The molecule has 2 aromatic rings. The van der Waals surface area contributed by atoms with Crippen molar-refractivity contribution in [2.24, 2.45) is 0 Å². The molecular formula is C18H25N5O4. The lowest BCUT2D eigenvalue weighted by Gasteiger charge is -2.16. The number of anilines is 1. The fourth-order valence-corrected chi connectivity index (χ4v) is 3.07. The lowest BCUT2D eigenvalue weighted by Crippen LogP contribution is -2.33. The maximum atomic E-state index is 10.2. The highest BCUT2D eigenvalue weighted by molar-refractivity contribution is 5.82. The van der Waals surface area contributed by atoms with E-state index >= 15 is 0 Å². The topological polar surface area (TPSA) is 140 Å². The average Bonchev–Trinajstić information content (AvgIpc) is 3.20. The molecule has 0 bridgehead atoms. The predicted octanol–water partition coefficient (Wildman–Crippen LogP) is 0.342. The Morgan fingerprint density at radius 2 is 2.04 bits per heavy atom. The molecule has 2 aromatic heterocycles. The van der Waals surface area contributed by atoms with E-state index in [1.165, 1.54) is 23.7 Å². The van der Waals surface area contributed by atoms with Crippen molar-refractivity contribution < 1.29 is 20.1 Å². The highest BCUT2D eigenvalue weighted by Gasteiger charge is 2.44. The zero-order valence-electron chi connectivity index (χ0n) is 15.2. The molecule has 9 nitrogen and oxygen atoms in total. The van der Waals surface area contributed by atoms with E-state index in [9.17, 15) is 15.3 Å². The quantitative estimate of drug-likeness (QED) is 0.419. The summed E-state index contributed by atoms with van der Waals surface area (Å²) in [5.41, 5.74) is 6.68. The molecule has 0 amide bonds. The Morgan fingerprint density at radius 1 is 1.22 bits per heavy atom. The normalized spacial score (nSPS) is 24.9. The van der Waals surface area contributed by atoms with E-state index in [-0.39, 0.29) is 11.6 Å². The highest BCUT2D eigenvalue weighted by atomic mass is 16.6. The number of nitrogens with two attached hydrogens (primary N) is 1. The second kappa shape index (κ2) is 8.63. The summed E-state index contributed by atoms with van der Waals surface area (Å²) in [6, 6.07) is 0. The second-order valence-corrected chi connectivity index (χ2v) is 6.60. The number of hydrogen-bond acceptors (Lipinski definition) is 8. The molecule has 3 heterocycles. The Hall–Kier alpha value is -2.25. The summed E-state index contributed by atoms with van der Waals surface area (Å²) >= 11 is 0. The molecule has 0 saturated carbocycles. The van der Waals surface area contributed by atoms with Gasteiger partial charge in [0, 0.05) is 6.42 Å². The molecule has 0 radical (unpaired) electrons. The van der Waals surface area contributed by atoms with Gasteiger partial charge in [0.05, 0.1) is 12.9 Å². The molecule has 4 atom stereocenters. The molecule has 0 spiro atoms. The molecular weight excluding hydrogens is 350 g/mol. The third-order valence-corrected chi connectivity index (χ3v) is 4.60. The van der Waals surface area contributed by atoms with E-state index < -0.39 is 31.1 Å². The molecule has 1 aliphatic rings. The van der Waals surface area contributed by atoms with Crippen LogP contribution in [0.3, 0.4) is 0 Å². The molecule has 1 fully saturated rings. The number of rotatable bonds is 6. The first kappa shape index (κ1) is 19.5. The number of nitrogens with zero attached hydrogens (tertiary/aromatic N) is 4.